The first-order valence-electron chi connectivity index (χ1n) is 5.50. The molecule has 0 radical (unpaired) electrons. The lowest BCUT2D eigenvalue weighted by atomic mass is 10.1. The molecule has 1 rings (SSSR count). The summed E-state index contributed by atoms with van der Waals surface area (Å²) in [5.41, 5.74) is 5.08. The zero-order valence-electron chi connectivity index (χ0n) is 10.1. The Kier molecular flexibility index (Phi) is 5.51. The van der Waals surface area contributed by atoms with Gasteiger partial charge in [0.15, 0.2) is 0 Å². The average molecular weight is 264 g/mol. The van der Waals surface area contributed by atoms with Gasteiger partial charge in [-0.05, 0) is 18.2 Å². The highest BCUT2D eigenvalue weighted by Crippen LogP contribution is 2.09. The first-order chi connectivity index (χ1) is 9.04. The van der Waals surface area contributed by atoms with Crippen molar-refractivity contribution in [3.05, 3.63) is 35.1 Å². The molecule has 0 heterocycles. The molecule has 5 nitrogen and oxygen atoms in total. The van der Waals surface area contributed by atoms with E-state index in [2.05, 4.69) is 17.2 Å². The van der Waals surface area contributed by atoms with E-state index >= 15 is 0 Å². The van der Waals surface area contributed by atoms with E-state index in [1.165, 1.54) is 12.1 Å². The Bertz CT molecular complexity index is 547. The Hall–Kier alpha value is -2.39. The standard InChI is InChI=1S/C13H13FN2O3/c14-11-7-9(3-1-2-6-17)4-5-10(11)13(19)16-8-12(15)18/h4-5,7,17H,2,6,8H2,(H2,15,18)(H,16,19). The minimum absolute atomic E-state index is 0.0664. The van der Waals surface area contributed by atoms with Crippen molar-refractivity contribution in [3.8, 4) is 11.8 Å². The lowest BCUT2D eigenvalue weighted by molar-refractivity contribution is -0.117. The molecule has 100 valence electrons. The number of benzene rings is 1. The van der Waals surface area contributed by atoms with Crippen molar-refractivity contribution in [2.45, 2.75) is 6.42 Å². The summed E-state index contributed by atoms with van der Waals surface area (Å²) in [7, 11) is 0. The van der Waals surface area contributed by atoms with Crippen molar-refractivity contribution in [3.63, 3.8) is 0 Å². The predicted octanol–water partition coefficient (Wildman–Crippen LogP) is -0.225. The van der Waals surface area contributed by atoms with Gasteiger partial charge in [0.25, 0.3) is 5.91 Å². The number of rotatable bonds is 4. The van der Waals surface area contributed by atoms with Gasteiger partial charge in [-0.3, -0.25) is 9.59 Å². The maximum absolute atomic E-state index is 13.6. The molecule has 6 heteroatoms. The summed E-state index contributed by atoms with van der Waals surface area (Å²) in [5.74, 6) is 3.12. The summed E-state index contributed by atoms with van der Waals surface area (Å²) < 4.78 is 13.6. The van der Waals surface area contributed by atoms with Gasteiger partial charge in [-0.25, -0.2) is 4.39 Å². The number of halogens is 1. The Labute approximate surface area is 109 Å². The Morgan fingerprint density at radius 2 is 2.16 bits per heavy atom. The lowest BCUT2D eigenvalue weighted by Crippen LogP contribution is -2.33. The maximum atomic E-state index is 13.6. The molecule has 0 aromatic heterocycles. The van der Waals surface area contributed by atoms with Gasteiger partial charge in [-0.1, -0.05) is 11.8 Å². The fourth-order valence-electron chi connectivity index (χ4n) is 1.26. The molecule has 0 saturated carbocycles. The van der Waals surface area contributed by atoms with Gasteiger partial charge >= 0.3 is 0 Å². The largest absolute Gasteiger partial charge is 0.395 e. The van der Waals surface area contributed by atoms with E-state index < -0.39 is 17.6 Å². The van der Waals surface area contributed by atoms with Crippen LogP contribution in [-0.4, -0.2) is 30.1 Å². The minimum Gasteiger partial charge on any atom is -0.395 e. The van der Waals surface area contributed by atoms with Gasteiger partial charge < -0.3 is 16.2 Å². The number of carbonyl (C=O) groups is 2. The molecule has 0 fully saturated rings. The van der Waals surface area contributed by atoms with E-state index in [0.717, 1.165) is 6.07 Å². The molecule has 19 heavy (non-hydrogen) atoms. The molecule has 0 atom stereocenters. The second kappa shape index (κ2) is 7.13. The molecule has 0 saturated heterocycles. The van der Waals surface area contributed by atoms with Crippen LogP contribution in [0.1, 0.15) is 22.3 Å². The number of hydrogen-bond acceptors (Lipinski definition) is 3. The van der Waals surface area contributed by atoms with Gasteiger partial charge in [0, 0.05) is 12.0 Å². The average Bonchev–Trinajstić information content (AvgIpc) is 2.36. The minimum atomic E-state index is -0.738. The van der Waals surface area contributed by atoms with E-state index in [-0.39, 0.29) is 18.7 Å². The van der Waals surface area contributed by atoms with Gasteiger partial charge in [0.1, 0.15) is 5.82 Å². The molecule has 2 amide bonds. The smallest absolute Gasteiger partial charge is 0.254 e. The number of amides is 2. The summed E-state index contributed by atoms with van der Waals surface area (Å²) in [4.78, 5) is 22.0. The van der Waals surface area contributed by atoms with Crippen LogP contribution >= 0.6 is 0 Å². The van der Waals surface area contributed by atoms with Crippen LogP contribution in [-0.2, 0) is 4.79 Å². The van der Waals surface area contributed by atoms with Crippen LogP contribution in [0.15, 0.2) is 18.2 Å². The van der Waals surface area contributed by atoms with Crippen molar-refractivity contribution < 1.29 is 19.1 Å². The molecule has 0 aliphatic rings. The number of nitrogens with two attached hydrogens (primary N) is 1. The topological polar surface area (TPSA) is 92.4 Å². The number of aliphatic hydroxyl groups is 1. The van der Waals surface area contributed by atoms with Crippen molar-refractivity contribution in [1.29, 1.82) is 0 Å². The van der Waals surface area contributed by atoms with Crippen molar-refractivity contribution in [2.24, 2.45) is 5.73 Å². The lowest BCUT2D eigenvalue weighted by Gasteiger charge is -2.04. The van der Waals surface area contributed by atoms with Gasteiger partial charge in [0.05, 0.1) is 18.7 Å². The summed E-state index contributed by atoms with van der Waals surface area (Å²) in [5, 5.41) is 10.7. The highest BCUT2D eigenvalue weighted by atomic mass is 19.1. The van der Waals surface area contributed by atoms with Crippen molar-refractivity contribution in [1.82, 2.24) is 5.32 Å². The summed E-state index contributed by atoms with van der Waals surface area (Å²) in [6.45, 7) is -0.417. The molecule has 0 bridgehead atoms. The fourth-order valence-corrected chi connectivity index (χ4v) is 1.26. The Morgan fingerprint density at radius 1 is 1.42 bits per heavy atom. The fraction of sp³-hybridized carbons (Fsp3) is 0.231. The molecule has 0 aliphatic carbocycles. The quantitative estimate of drug-likeness (QED) is 0.656. The number of aliphatic hydroxyl groups excluding tert-OH is 1. The van der Waals surface area contributed by atoms with Crippen LogP contribution in [0, 0.1) is 17.7 Å². The number of nitrogens with one attached hydrogen (secondary N) is 1. The van der Waals surface area contributed by atoms with E-state index in [0.29, 0.717) is 12.0 Å². The third-order valence-electron chi connectivity index (χ3n) is 2.11. The molecule has 4 N–H and O–H groups in total. The monoisotopic (exact) mass is 264 g/mol. The van der Waals surface area contributed by atoms with Gasteiger partial charge in [-0.15, -0.1) is 0 Å². The van der Waals surface area contributed by atoms with Crippen molar-refractivity contribution >= 4 is 11.8 Å². The first kappa shape index (κ1) is 14.7. The zero-order valence-corrected chi connectivity index (χ0v) is 10.1. The molecule has 1 aromatic carbocycles. The molecule has 0 unspecified atom stereocenters. The van der Waals surface area contributed by atoms with Crippen molar-refractivity contribution in [2.75, 3.05) is 13.2 Å². The highest BCUT2D eigenvalue weighted by molar-refractivity contribution is 5.96. The van der Waals surface area contributed by atoms with Gasteiger partial charge in [0.2, 0.25) is 5.91 Å². The molecular formula is C13H13FN2O3. The van der Waals surface area contributed by atoms with E-state index in [1.807, 2.05) is 0 Å². The van der Waals surface area contributed by atoms with Crippen LogP contribution in [0.2, 0.25) is 0 Å². The van der Waals surface area contributed by atoms with Crippen LogP contribution in [0.3, 0.4) is 0 Å². The van der Waals surface area contributed by atoms with E-state index in [4.69, 9.17) is 10.8 Å². The molecular weight excluding hydrogens is 251 g/mol. The number of primary amides is 1. The summed E-state index contributed by atoms with van der Waals surface area (Å²) in [6, 6.07) is 3.87. The maximum Gasteiger partial charge on any atom is 0.254 e. The second-order valence-corrected chi connectivity index (χ2v) is 3.62. The first-order valence-corrected chi connectivity index (χ1v) is 5.50. The second-order valence-electron chi connectivity index (χ2n) is 3.62. The predicted molar refractivity (Wildman–Crippen MR) is 66.5 cm³/mol. The Balaban J connectivity index is 2.80. The summed E-state index contributed by atoms with van der Waals surface area (Å²) >= 11 is 0. The van der Waals surface area contributed by atoms with Crippen LogP contribution in [0.5, 0.6) is 0 Å². The SMILES string of the molecule is NC(=O)CNC(=O)c1ccc(C#CCCO)cc1F. The Morgan fingerprint density at radius 3 is 2.74 bits per heavy atom. The molecule has 0 spiro atoms. The number of carbonyl (C=O) groups excluding carboxylic acids is 2. The van der Waals surface area contributed by atoms with Crippen LogP contribution < -0.4 is 11.1 Å². The molecule has 1 aromatic rings. The van der Waals surface area contributed by atoms with Gasteiger partial charge in [-0.2, -0.15) is 0 Å². The third-order valence-corrected chi connectivity index (χ3v) is 2.11. The number of hydrogen-bond donors (Lipinski definition) is 3. The van der Waals surface area contributed by atoms with E-state index in [9.17, 15) is 14.0 Å². The van der Waals surface area contributed by atoms with Crippen LogP contribution in [0.25, 0.3) is 0 Å². The zero-order chi connectivity index (χ0) is 14.3. The van der Waals surface area contributed by atoms with Crippen LogP contribution in [0.4, 0.5) is 4.39 Å². The highest BCUT2D eigenvalue weighted by Gasteiger charge is 2.12. The normalized spacial score (nSPS) is 9.37. The molecule has 0 aliphatic heterocycles. The third kappa shape index (κ3) is 4.77. The summed E-state index contributed by atoms with van der Waals surface area (Å²) in [6.07, 6.45) is 0.294. The van der Waals surface area contributed by atoms with E-state index in [1.54, 1.807) is 0 Å².